The van der Waals surface area contributed by atoms with Crippen LogP contribution in [0.2, 0.25) is 0 Å². The Hall–Kier alpha value is -7.58. The molecule has 0 unspecified atom stereocenters. The maximum atomic E-state index is 14.8. The Kier molecular flexibility index (Phi) is 6.77. The molecule has 0 aromatic heterocycles. The van der Waals surface area contributed by atoms with Crippen LogP contribution in [0.15, 0.2) is 158 Å². The van der Waals surface area contributed by atoms with Gasteiger partial charge in [0.25, 0.3) is 23.6 Å². The van der Waals surface area contributed by atoms with Crippen LogP contribution in [-0.2, 0) is 0 Å². The molecule has 8 aromatic carbocycles. The number of anilines is 5. The van der Waals surface area contributed by atoms with Gasteiger partial charge in [0.2, 0.25) is 0 Å². The number of imide groups is 2. The van der Waals surface area contributed by atoms with Crippen molar-refractivity contribution in [2.75, 3.05) is 14.7 Å². The first kappa shape index (κ1) is 31.2. The number of benzene rings is 8. The smallest absolute Gasteiger partial charge is 0.266 e. The van der Waals surface area contributed by atoms with Gasteiger partial charge in [-0.2, -0.15) is 0 Å². The molecule has 0 radical (unpaired) electrons. The summed E-state index contributed by atoms with van der Waals surface area (Å²) in [5.41, 5.74) is 3.68. The number of carbonyl (C=O) groups excluding carboxylic acids is 4. The van der Waals surface area contributed by atoms with E-state index < -0.39 is 23.6 Å². The number of phenolic OH excluding ortho intramolecular Hbond substituents is 1. The van der Waals surface area contributed by atoms with E-state index in [0.717, 1.165) is 37.8 Å². The molecule has 0 saturated carbocycles. The summed E-state index contributed by atoms with van der Waals surface area (Å²) in [7, 11) is 0. The molecule has 0 fully saturated rings. The standard InChI is InChI=1S/C46H27N3O5/c50-31-16-10-15-30(26-31)48-43(51)34-21-23-36-41-37(24-22-35(40(34)41)44(48)52)46(54)49(45(36)53)39-20-9-8-19-38(39)47(29-13-2-1-3-14-29)42-32-17-6-4-11-27(32)25-28-12-5-7-18-33(28)42/h1-26,50H. The quantitative estimate of drug-likeness (QED) is 0.142. The largest absolute Gasteiger partial charge is 0.508 e. The monoisotopic (exact) mass is 701 g/mol. The molecule has 8 heteroatoms. The van der Waals surface area contributed by atoms with Gasteiger partial charge in [0.1, 0.15) is 5.75 Å². The van der Waals surface area contributed by atoms with Crippen molar-refractivity contribution in [1.29, 1.82) is 0 Å². The number of fused-ring (bicyclic) bond motifs is 2. The molecule has 8 aromatic rings. The maximum absolute atomic E-state index is 14.8. The number of amides is 4. The molecule has 0 spiro atoms. The molecular weight excluding hydrogens is 675 g/mol. The molecule has 54 heavy (non-hydrogen) atoms. The fourth-order valence-electron chi connectivity index (χ4n) is 8.00. The molecular formula is C46H27N3O5. The van der Waals surface area contributed by atoms with Crippen molar-refractivity contribution in [1.82, 2.24) is 0 Å². The summed E-state index contributed by atoms with van der Waals surface area (Å²) in [5, 5.41) is 14.7. The number of rotatable bonds is 5. The van der Waals surface area contributed by atoms with Gasteiger partial charge in [0, 0.05) is 55.6 Å². The van der Waals surface area contributed by atoms with Crippen molar-refractivity contribution in [2.24, 2.45) is 0 Å². The Labute approximate surface area is 308 Å². The molecule has 0 aliphatic carbocycles. The van der Waals surface area contributed by atoms with Gasteiger partial charge in [-0.1, -0.05) is 84.9 Å². The lowest BCUT2D eigenvalue weighted by Gasteiger charge is -2.35. The van der Waals surface area contributed by atoms with Crippen LogP contribution >= 0.6 is 0 Å². The highest BCUT2D eigenvalue weighted by molar-refractivity contribution is 6.42. The van der Waals surface area contributed by atoms with Gasteiger partial charge in [-0.25, -0.2) is 9.80 Å². The predicted molar refractivity (Wildman–Crippen MR) is 210 cm³/mol. The van der Waals surface area contributed by atoms with Gasteiger partial charge in [0.15, 0.2) is 0 Å². The van der Waals surface area contributed by atoms with E-state index in [1.165, 1.54) is 29.2 Å². The molecule has 4 amide bonds. The molecule has 2 aliphatic heterocycles. The van der Waals surface area contributed by atoms with Gasteiger partial charge in [-0.05, 0) is 77.5 Å². The Bertz CT molecular complexity index is 2830. The fourth-order valence-corrected chi connectivity index (χ4v) is 8.00. The summed E-state index contributed by atoms with van der Waals surface area (Å²) in [4.78, 5) is 61.7. The van der Waals surface area contributed by atoms with Gasteiger partial charge in [-0.15, -0.1) is 0 Å². The molecule has 0 saturated heterocycles. The number of hydrogen-bond donors (Lipinski definition) is 1. The van der Waals surface area contributed by atoms with Crippen molar-refractivity contribution in [3.8, 4) is 5.75 Å². The molecule has 1 N–H and O–H groups in total. The first-order valence-electron chi connectivity index (χ1n) is 17.4. The van der Waals surface area contributed by atoms with Gasteiger partial charge in [-0.3, -0.25) is 19.2 Å². The van der Waals surface area contributed by atoms with Gasteiger partial charge < -0.3 is 10.0 Å². The van der Waals surface area contributed by atoms with Crippen molar-refractivity contribution in [3.05, 3.63) is 180 Å². The number of hydrogen-bond acceptors (Lipinski definition) is 6. The molecule has 10 rings (SSSR count). The Balaban J connectivity index is 1.17. The van der Waals surface area contributed by atoms with Crippen LogP contribution in [0.1, 0.15) is 41.4 Å². The number of carbonyl (C=O) groups is 4. The van der Waals surface area contributed by atoms with Crippen LogP contribution in [0.25, 0.3) is 32.3 Å². The fraction of sp³-hybridized carbons (Fsp3) is 0. The Morgan fingerprint density at radius 2 is 0.944 bits per heavy atom. The highest BCUT2D eigenvalue weighted by Gasteiger charge is 2.41. The number of phenols is 1. The SMILES string of the molecule is O=C1c2ccc3c4c(ccc(c24)C(=O)N1c1cccc(O)c1)C(=O)N(c1ccccc1N(c1ccccc1)c1c2ccccc2cc2ccccc12)C3=O. The highest BCUT2D eigenvalue weighted by Crippen LogP contribution is 2.48. The molecule has 2 heterocycles. The average molecular weight is 702 g/mol. The van der Waals surface area contributed by atoms with E-state index in [2.05, 4.69) is 35.2 Å². The van der Waals surface area contributed by atoms with Crippen molar-refractivity contribution >= 4 is 84.4 Å². The van der Waals surface area contributed by atoms with E-state index in [0.29, 0.717) is 11.4 Å². The number of aromatic hydroxyl groups is 1. The van der Waals surface area contributed by atoms with E-state index in [9.17, 15) is 24.3 Å². The summed E-state index contributed by atoms with van der Waals surface area (Å²) in [5.74, 6) is -2.48. The second-order valence-electron chi connectivity index (χ2n) is 13.3. The van der Waals surface area contributed by atoms with E-state index >= 15 is 0 Å². The second-order valence-corrected chi connectivity index (χ2v) is 13.3. The van der Waals surface area contributed by atoms with Crippen LogP contribution in [0, 0.1) is 0 Å². The lowest BCUT2D eigenvalue weighted by atomic mass is 9.85. The third-order valence-corrected chi connectivity index (χ3v) is 10.3. The predicted octanol–water partition coefficient (Wildman–Crippen LogP) is 9.92. The third kappa shape index (κ3) is 4.43. The number of para-hydroxylation sites is 3. The van der Waals surface area contributed by atoms with E-state index in [1.54, 1.807) is 36.4 Å². The zero-order valence-corrected chi connectivity index (χ0v) is 28.4. The van der Waals surface area contributed by atoms with Crippen LogP contribution < -0.4 is 14.7 Å². The van der Waals surface area contributed by atoms with Gasteiger partial charge in [0.05, 0.1) is 22.7 Å². The topological polar surface area (TPSA) is 98.2 Å². The lowest BCUT2D eigenvalue weighted by Crippen LogP contribution is -2.43. The van der Waals surface area contributed by atoms with Crippen molar-refractivity contribution in [2.45, 2.75) is 0 Å². The minimum Gasteiger partial charge on any atom is -0.508 e. The molecule has 2 aliphatic rings. The first-order valence-corrected chi connectivity index (χ1v) is 17.4. The van der Waals surface area contributed by atoms with Crippen LogP contribution in [0.5, 0.6) is 5.75 Å². The molecule has 8 nitrogen and oxygen atoms in total. The van der Waals surface area contributed by atoms with Crippen molar-refractivity contribution in [3.63, 3.8) is 0 Å². The number of nitrogens with zero attached hydrogens (tertiary/aromatic N) is 3. The minimum absolute atomic E-state index is 0.0971. The summed E-state index contributed by atoms with van der Waals surface area (Å²) >= 11 is 0. The Morgan fingerprint density at radius 1 is 0.444 bits per heavy atom. The van der Waals surface area contributed by atoms with Gasteiger partial charge >= 0.3 is 0 Å². The molecule has 0 bridgehead atoms. The van der Waals surface area contributed by atoms with Crippen LogP contribution in [-0.4, -0.2) is 28.7 Å². The van der Waals surface area contributed by atoms with E-state index in [-0.39, 0.29) is 44.5 Å². The Morgan fingerprint density at radius 3 is 1.52 bits per heavy atom. The average Bonchev–Trinajstić information content (AvgIpc) is 3.20. The van der Waals surface area contributed by atoms with Crippen molar-refractivity contribution < 1.29 is 24.3 Å². The highest BCUT2D eigenvalue weighted by atomic mass is 16.3. The third-order valence-electron chi connectivity index (χ3n) is 10.3. The van der Waals surface area contributed by atoms with E-state index in [1.807, 2.05) is 66.7 Å². The molecule has 256 valence electrons. The van der Waals surface area contributed by atoms with Crippen LogP contribution in [0.4, 0.5) is 28.4 Å². The zero-order valence-electron chi connectivity index (χ0n) is 28.4. The maximum Gasteiger partial charge on any atom is 0.266 e. The first-order chi connectivity index (χ1) is 26.4. The second kappa shape index (κ2) is 11.7. The van der Waals surface area contributed by atoms with E-state index in [4.69, 9.17) is 0 Å². The summed E-state index contributed by atoms with van der Waals surface area (Å²) < 4.78 is 0. The summed E-state index contributed by atoms with van der Waals surface area (Å²) in [6, 6.07) is 47.8. The lowest BCUT2D eigenvalue weighted by molar-refractivity contribution is 0.0873. The zero-order chi connectivity index (χ0) is 36.7. The molecule has 0 atom stereocenters. The van der Waals surface area contributed by atoms with Crippen LogP contribution in [0.3, 0.4) is 0 Å². The normalized spacial score (nSPS) is 13.7. The summed E-state index contributed by atoms with van der Waals surface area (Å²) in [6.07, 6.45) is 0. The summed E-state index contributed by atoms with van der Waals surface area (Å²) in [6.45, 7) is 0. The minimum atomic E-state index is -0.615.